The molecule has 0 aromatic carbocycles. The van der Waals surface area contributed by atoms with Crippen LogP contribution in [0, 0.1) is 11.8 Å². The molecule has 0 aromatic rings. The minimum Gasteiger partial charge on any atom is -0.446 e. The lowest BCUT2D eigenvalue weighted by Gasteiger charge is -2.36. The van der Waals surface area contributed by atoms with Gasteiger partial charge in [0.2, 0.25) is 0 Å². The summed E-state index contributed by atoms with van der Waals surface area (Å²) in [7, 11) is 0. The van der Waals surface area contributed by atoms with Crippen LogP contribution in [0.1, 0.15) is 53.9 Å². The maximum atomic E-state index is 11.5. The van der Waals surface area contributed by atoms with Crippen molar-refractivity contribution in [2.24, 2.45) is 11.8 Å². The molecular weight excluding hydrogens is 202 g/mol. The summed E-state index contributed by atoms with van der Waals surface area (Å²) in [6.07, 6.45) is 3.19. The topological polar surface area (TPSA) is 38.3 Å². The second kappa shape index (κ2) is 5.07. The van der Waals surface area contributed by atoms with Gasteiger partial charge in [-0.25, -0.2) is 4.79 Å². The smallest absolute Gasteiger partial charge is 0.407 e. The van der Waals surface area contributed by atoms with Crippen molar-refractivity contribution in [3.8, 4) is 0 Å². The third-order valence-electron chi connectivity index (χ3n) is 2.75. The van der Waals surface area contributed by atoms with Gasteiger partial charge in [-0.1, -0.05) is 13.8 Å². The van der Waals surface area contributed by atoms with Crippen LogP contribution in [-0.2, 0) is 4.74 Å². The van der Waals surface area contributed by atoms with Crippen molar-refractivity contribution in [3.63, 3.8) is 0 Å². The molecule has 0 heterocycles. The summed E-state index contributed by atoms with van der Waals surface area (Å²) in [5.74, 6) is 1.50. The molecule has 0 unspecified atom stereocenters. The Bertz CT molecular complexity index is 237. The van der Waals surface area contributed by atoms with Gasteiger partial charge in [-0.2, -0.15) is 0 Å². The predicted molar refractivity (Wildman–Crippen MR) is 65.3 cm³/mol. The Morgan fingerprint density at radius 2 is 1.94 bits per heavy atom. The summed E-state index contributed by atoms with van der Waals surface area (Å²) in [6, 6.07) is 0. The number of amides is 1. The first-order chi connectivity index (χ1) is 7.26. The Hall–Kier alpha value is -0.730. The lowest BCUT2D eigenvalue weighted by Crippen LogP contribution is -2.44. The largest absolute Gasteiger partial charge is 0.446 e. The zero-order valence-corrected chi connectivity index (χ0v) is 11.2. The Labute approximate surface area is 98.9 Å². The molecule has 1 amide bonds. The van der Waals surface area contributed by atoms with Gasteiger partial charge in [-0.3, -0.25) is 0 Å². The van der Waals surface area contributed by atoms with E-state index < -0.39 is 0 Å². The number of hydrogen-bond acceptors (Lipinski definition) is 2. The van der Waals surface area contributed by atoms with E-state index in [0.29, 0.717) is 0 Å². The molecule has 0 atom stereocenters. The molecule has 0 saturated heterocycles. The van der Waals surface area contributed by atoms with Crippen LogP contribution in [0.4, 0.5) is 4.79 Å². The van der Waals surface area contributed by atoms with Crippen LogP contribution in [0.15, 0.2) is 0 Å². The molecule has 94 valence electrons. The van der Waals surface area contributed by atoms with Gasteiger partial charge in [0.15, 0.2) is 0 Å². The number of carbonyl (C=O) groups excluding carboxylic acids is 1. The molecule has 0 radical (unpaired) electrons. The van der Waals surface area contributed by atoms with Crippen LogP contribution in [0.3, 0.4) is 0 Å². The van der Waals surface area contributed by atoms with E-state index in [4.69, 9.17) is 4.74 Å². The van der Waals surface area contributed by atoms with Gasteiger partial charge < -0.3 is 10.1 Å². The van der Waals surface area contributed by atoms with Gasteiger partial charge in [0.05, 0.1) is 0 Å². The molecule has 1 aliphatic carbocycles. The van der Waals surface area contributed by atoms with Gasteiger partial charge in [-0.15, -0.1) is 0 Å². The first-order valence-corrected chi connectivity index (χ1v) is 6.25. The number of ether oxygens (including phenoxy) is 1. The maximum absolute atomic E-state index is 11.5. The van der Waals surface area contributed by atoms with E-state index >= 15 is 0 Å². The van der Waals surface area contributed by atoms with E-state index in [9.17, 15) is 4.79 Å². The van der Waals surface area contributed by atoms with Crippen molar-refractivity contribution in [1.29, 1.82) is 0 Å². The molecule has 0 bridgehead atoms. The van der Waals surface area contributed by atoms with Crippen molar-refractivity contribution >= 4 is 6.09 Å². The summed E-state index contributed by atoms with van der Waals surface area (Å²) in [5, 5.41) is 2.81. The number of carbonyl (C=O) groups is 1. The van der Waals surface area contributed by atoms with Crippen molar-refractivity contribution in [3.05, 3.63) is 0 Å². The van der Waals surface area contributed by atoms with Crippen LogP contribution in [-0.4, -0.2) is 17.7 Å². The average Bonchev–Trinajstić information content (AvgIpc) is 1.95. The van der Waals surface area contributed by atoms with E-state index in [0.717, 1.165) is 24.7 Å². The summed E-state index contributed by atoms with van der Waals surface area (Å²) in [5.41, 5.74) is -0.210. The molecule has 1 saturated carbocycles. The van der Waals surface area contributed by atoms with Crippen molar-refractivity contribution < 1.29 is 9.53 Å². The molecule has 1 rings (SSSR count). The third kappa shape index (κ3) is 4.86. The summed E-state index contributed by atoms with van der Waals surface area (Å²) in [6.45, 7) is 10.3. The molecule has 1 aliphatic rings. The van der Waals surface area contributed by atoms with Crippen molar-refractivity contribution in [2.45, 2.75) is 65.5 Å². The van der Waals surface area contributed by atoms with Gasteiger partial charge >= 0.3 is 6.09 Å². The second-order valence-electron chi connectivity index (χ2n) is 6.37. The minimum atomic E-state index is -0.277. The highest BCUT2D eigenvalue weighted by Crippen LogP contribution is 2.34. The lowest BCUT2D eigenvalue weighted by molar-refractivity contribution is 0.00833. The van der Waals surface area contributed by atoms with Gasteiger partial charge in [0.25, 0.3) is 0 Å². The highest BCUT2D eigenvalue weighted by molar-refractivity contribution is 5.68. The van der Waals surface area contributed by atoms with Crippen molar-refractivity contribution in [2.75, 3.05) is 0 Å². The molecule has 3 heteroatoms. The first kappa shape index (κ1) is 13.3. The fourth-order valence-corrected chi connectivity index (χ4v) is 2.12. The molecule has 0 spiro atoms. The second-order valence-corrected chi connectivity index (χ2v) is 6.37. The zero-order valence-electron chi connectivity index (χ0n) is 11.2. The number of rotatable bonds is 3. The molecule has 1 fully saturated rings. The molecular formula is C13H25NO2. The average molecular weight is 227 g/mol. The SMILES string of the molecule is CC(C)CC1CC(OC(=O)NC(C)(C)C)C1. The van der Waals surface area contributed by atoms with Crippen LogP contribution in [0.5, 0.6) is 0 Å². The summed E-state index contributed by atoms with van der Waals surface area (Å²) < 4.78 is 5.32. The zero-order chi connectivity index (χ0) is 12.3. The predicted octanol–water partition coefficient (Wildman–Crippen LogP) is 3.34. The Morgan fingerprint density at radius 1 is 1.38 bits per heavy atom. The Morgan fingerprint density at radius 3 is 2.38 bits per heavy atom. The normalized spacial score (nSPS) is 25.1. The minimum absolute atomic E-state index is 0.145. The van der Waals surface area contributed by atoms with Crippen LogP contribution in [0.2, 0.25) is 0 Å². The summed E-state index contributed by atoms with van der Waals surface area (Å²) >= 11 is 0. The third-order valence-corrected chi connectivity index (χ3v) is 2.75. The fraction of sp³-hybridized carbons (Fsp3) is 0.923. The molecule has 16 heavy (non-hydrogen) atoms. The monoisotopic (exact) mass is 227 g/mol. The number of hydrogen-bond donors (Lipinski definition) is 1. The van der Waals surface area contributed by atoms with Crippen LogP contribution < -0.4 is 5.32 Å². The molecule has 1 N–H and O–H groups in total. The highest BCUT2D eigenvalue weighted by atomic mass is 16.6. The lowest BCUT2D eigenvalue weighted by atomic mass is 9.77. The van der Waals surface area contributed by atoms with Gasteiger partial charge in [0, 0.05) is 5.54 Å². The van der Waals surface area contributed by atoms with Crippen LogP contribution in [0.25, 0.3) is 0 Å². The van der Waals surface area contributed by atoms with Gasteiger partial charge in [-0.05, 0) is 51.9 Å². The van der Waals surface area contributed by atoms with E-state index in [1.165, 1.54) is 6.42 Å². The molecule has 3 nitrogen and oxygen atoms in total. The highest BCUT2D eigenvalue weighted by Gasteiger charge is 2.32. The number of nitrogens with one attached hydrogen (secondary N) is 1. The van der Waals surface area contributed by atoms with E-state index in [2.05, 4.69) is 19.2 Å². The Balaban J connectivity index is 2.15. The van der Waals surface area contributed by atoms with E-state index in [1.54, 1.807) is 0 Å². The molecule has 0 aromatic heterocycles. The van der Waals surface area contributed by atoms with Gasteiger partial charge in [0.1, 0.15) is 6.10 Å². The fourth-order valence-electron chi connectivity index (χ4n) is 2.12. The standard InChI is InChI=1S/C13H25NO2/c1-9(2)6-10-7-11(8-10)16-12(15)14-13(3,4)5/h9-11H,6-8H2,1-5H3,(H,14,15). The Kier molecular flexibility index (Phi) is 4.22. The quantitative estimate of drug-likeness (QED) is 0.803. The summed E-state index contributed by atoms with van der Waals surface area (Å²) in [4.78, 5) is 11.5. The van der Waals surface area contributed by atoms with E-state index in [-0.39, 0.29) is 17.7 Å². The molecule has 0 aliphatic heterocycles. The first-order valence-electron chi connectivity index (χ1n) is 6.25. The van der Waals surface area contributed by atoms with Crippen LogP contribution >= 0.6 is 0 Å². The number of alkyl carbamates (subject to hydrolysis) is 1. The van der Waals surface area contributed by atoms with Crippen molar-refractivity contribution in [1.82, 2.24) is 5.32 Å². The van der Waals surface area contributed by atoms with E-state index in [1.807, 2.05) is 20.8 Å². The maximum Gasteiger partial charge on any atom is 0.407 e.